The number of ether oxygens (including phenoxy) is 1. The molecule has 0 aromatic heterocycles. The molecule has 1 aliphatic rings. The maximum atomic E-state index is 12.8. The lowest BCUT2D eigenvalue weighted by molar-refractivity contribution is -0.132. The fraction of sp³-hybridized carbons (Fsp3) is 0.556. The Morgan fingerprint density at radius 1 is 1.33 bits per heavy atom. The highest BCUT2D eigenvalue weighted by molar-refractivity contribution is 5.82. The van der Waals surface area contributed by atoms with Crippen LogP contribution in [0, 0.1) is 5.92 Å². The highest BCUT2D eigenvalue weighted by Gasteiger charge is 2.37. The van der Waals surface area contributed by atoms with Crippen molar-refractivity contribution in [3.63, 3.8) is 0 Å². The van der Waals surface area contributed by atoms with Crippen molar-refractivity contribution in [3.8, 4) is 0 Å². The summed E-state index contributed by atoms with van der Waals surface area (Å²) in [5.41, 5.74) is 1.12. The number of methoxy groups -OCH3 is 1. The number of amides is 2. The molecule has 0 unspecified atom stereocenters. The van der Waals surface area contributed by atoms with Crippen molar-refractivity contribution < 1.29 is 14.3 Å². The van der Waals surface area contributed by atoms with Gasteiger partial charge in [0, 0.05) is 46.3 Å². The van der Waals surface area contributed by atoms with E-state index in [-0.39, 0.29) is 23.8 Å². The Morgan fingerprint density at radius 2 is 2.08 bits per heavy atom. The third kappa shape index (κ3) is 5.04. The Hall–Kier alpha value is -1.92. The number of benzene rings is 1. The zero-order chi connectivity index (χ0) is 17.4. The van der Waals surface area contributed by atoms with E-state index in [1.54, 1.807) is 7.11 Å². The Kier molecular flexibility index (Phi) is 7.21. The SMILES string of the molecule is COCCN[C@H](c1ccccc1)[C@H]1CCN(CCNC(C)=O)C1=O. The third-order valence-electron chi connectivity index (χ3n) is 4.33. The molecule has 2 atom stereocenters. The van der Waals surface area contributed by atoms with Gasteiger partial charge in [-0.3, -0.25) is 9.59 Å². The van der Waals surface area contributed by atoms with E-state index in [1.807, 2.05) is 23.1 Å². The second-order valence-electron chi connectivity index (χ2n) is 6.04. The Balaban J connectivity index is 2.01. The van der Waals surface area contributed by atoms with Crippen molar-refractivity contribution in [2.75, 3.05) is 39.9 Å². The van der Waals surface area contributed by atoms with Crippen molar-refractivity contribution in [2.24, 2.45) is 5.92 Å². The number of nitrogens with one attached hydrogen (secondary N) is 2. The predicted molar refractivity (Wildman–Crippen MR) is 92.4 cm³/mol. The zero-order valence-corrected chi connectivity index (χ0v) is 14.5. The van der Waals surface area contributed by atoms with Gasteiger partial charge in [0.05, 0.1) is 12.5 Å². The average Bonchev–Trinajstić information content (AvgIpc) is 2.93. The van der Waals surface area contributed by atoms with Crippen LogP contribution in [-0.2, 0) is 14.3 Å². The number of carbonyl (C=O) groups is 2. The quantitative estimate of drug-likeness (QED) is 0.660. The summed E-state index contributed by atoms with van der Waals surface area (Å²) >= 11 is 0. The fourth-order valence-corrected chi connectivity index (χ4v) is 3.13. The Bertz CT molecular complexity index is 536. The Labute approximate surface area is 143 Å². The zero-order valence-electron chi connectivity index (χ0n) is 14.5. The van der Waals surface area contributed by atoms with E-state index >= 15 is 0 Å². The average molecular weight is 333 g/mol. The monoisotopic (exact) mass is 333 g/mol. The van der Waals surface area contributed by atoms with Crippen molar-refractivity contribution in [3.05, 3.63) is 35.9 Å². The number of rotatable bonds is 9. The van der Waals surface area contributed by atoms with Crippen LogP contribution in [0.2, 0.25) is 0 Å². The molecular weight excluding hydrogens is 306 g/mol. The van der Waals surface area contributed by atoms with E-state index in [2.05, 4.69) is 22.8 Å². The summed E-state index contributed by atoms with van der Waals surface area (Å²) in [6.45, 7) is 4.59. The van der Waals surface area contributed by atoms with Crippen LogP contribution in [0.15, 0.2) is 30.3 Å². The summed E-state index contributed by atoms with van der Waals surface area (Å²) in [7, 11) is 1.67. The van der Waals surface area contributed by atoms with E-state index in [9.17, 15) is 9.59 Å². The molecule has 1 aromatic rings. The molecule has 1 fully saturated rings. The second kappa shape index (κ2) is 9.39. The van der Waals surface area contributed by atoms with Gasteiger partial charge in [0.25, 0.3) is 0 Å². The van der Waals surface area contributed by atoms with E-state index < -0.39 is 0 Å². The molecule has 6 nitrogen and oxygen atoms in total. The lowest BCUT2D eigenvalue weighted by atomic mass is 9.91. The van der Waals surface area contributed by atoms with E-state index in [4.69, 9.17) is 4.74 Å². The molecule has 6 heteroatoms. The van der Waals surface area contributed by atoms with Gasteiger partial charge in [0.2, 0.25) is 11.8 Å². The maximum absolute atomic E-state index is 12.8. The summed E-state index contributed by atoms with van der Waals surface area (Å²) < 4.78 is 5.12. The molecule has 2 rings (SSSR count). The standard InChI is InChI=1S/C18H27N3O3/c1-14(22)19-9-12-21-11-8-16(18(21)23)17(20-10-13-24-2)15-6-4-3-5-7-15/h3-7,16-17,20H,8-13H2,1-2H3,(H,19,22)/t16-,17-/m1/s1. The lowest BCUT2D eigenvalue weighted by Crippen LogP contribution is -2.39. The highest BCUT2D eigenvalue weighted by Crippen LogP contribution is 2.31. The van der Waals surface area contributed by atoms with Gasteiger partial charge in [0.15, 0.2) is 0 Å². The number of likely N-dealkylation sites (tertiary alicyclic amines) is 1. The first kappa shape index (κ1) is 18.4. The van der Waals surface area contributed by atoms with E-state index in [0.29, 0.717) is 26.2 Å². The minimum atomic E-state index is -0.0819. The van der Waals surface area contributed by atoms with Crippen molar-refractivity contribution in [2.45, 2.75) is 19.4 Å². The lowest BCUT2D eigenvalue weighted by Gasteiger charge is -2.25. The predicted octanol–water partition coefficient (Wildman–Crippen LogP) is 0.948. The van der Waals surface area contributed by atoms with Gasteiger partial charge in [0.1, 0.15) is 0 Å². The van der Waals surface area contributed by atoms with Gasteiger partial charge in [-0.15, -0.1) is 0 Å². The third-order valence-corrected chi connectivity index (χ3v) is 4.33. The van der Waals surface area contributed by atoms with Crippen LogP contribution in [0.4, 0.5) is 0 Å². The van der Waals surface area contributed by atoms with Gasteiger partial charge in [-0.1, -0.05) is 30.3 Å². The number of carbonyl (C=O) groups excluding carboxylic acids is 2. The van der Waals surface area contributed by atoms with Crippen LogP contribution in [0.3, 0.4) is 0 Å². The molecule has 132 valence electrons. The molecule has 0 aliphatic carbocycles. The van der Waals surface area contributed by atoms with Crippen molar-refractivity contribution in [1.29, 1.82) is 0 Å². The molecular formula is C18H27N3O3. The molecule has 0 radical (unpaired) electrons. The molecule has 1 aromatic carbocycles. The summed E-state index contributed by atoms with van der Waals surface area (Å²) in [4.78, 5) is 25.6. The topological polar surface area (TPSA) is 70.7 Å². The van der Waals surface area contributed by atoms with Crippen molar-refractivity contribution >= 4 is 11.8 Å². The molecule has 24 heavy (non-hydrogen) atoms. The van der Waals surface area contributed by atoms with Crippen LogP contribution in [0.1, 0.15) is 24.9 Å². The van der Waals surface area contributed by atoms with Crippen LogP contribution in [0.25, 0.3) is 0 Å². The first-order valence-corrected chi connectivity index (χ1v) is 8.44. The normalized spacial score (nSPS) is 18.7. The molecule has 0 spiro atoms. The van der Waals surface area contributed by atoms with Crippen LogP contribution in [0.5, 0.6) is 0 Å². The molecule has 1 heterocycles. The molecule has 0 bridgehead atoms. The first-order valence-electron chi connectivity index (χ1n) is 8.44. The van der Waals surface area contributed by atoms with Crippen LogP contribution >= 0.6 is 0 Å². The van der Waals surface area contributed by atoms with Gasteiger partial charge in [-0.05, 0) is 12.0 Å². The maximum Gasteiger partial charge on any atom is 0.227 e. The van der Waals surface area contributed by atoms with E-state index in [1.165, 1.54) is 6.92 Å². The minimum Gasteiger partial charge on any atom is -0.383 e. The molecule has 1 aliphatic heterocycles. The smallest absolute Gasteiger partial charge is 0.227 e. The molecule has 2 amide bonds. The van der Waals surface area contributed by atoms with Gasteiger partial charge < -0.3 is 20.3 Å². The van der Waals surface area contributed by atoms with Gasteiger partial charge in [-0.2, -0.15) is 0 Å². The summed E-state index contributed by atoms with van der Waals surface area (Å²) in [5.74, 6) is 0.00213. The molecule has 0 saturated carbocycles. The summed E-state index contributed by atoms with van der Waals surface area (Å²) in [5, 5.41) is 6.21. The summed E-state index contributed by atoms with van der Waals surface area (Å²) in [6.07, 6.45) is 0.818. The van der Waals surface area contributed by atoms with Crippen molar-refractivity contribution in [1.82, 2.24) is 15.5 Å². The first-order chi connectivity index (χ1) is 11.6. The molecule has 1 saturated heterocycles. The number of hydrogen-bond acceptors (Lipinski definition) is 4. The largest absolute Gasteiger partial charge is 0.383 e. The number of hydrogen-bond donors (Lipinski definition) is 2. The van der Waals surface area contributed by atoms with Gasteiger partial charge in [-0.25, -0.2) is 0 Å². The highest BCUT2D eigenvalue weighted by atomic mass is 16.5. The second-order valence-corrected chi connectivity index (χ2v) is 6.04. The molecule has 2 N–H and O–H groups in total. The summed E-state index contributed by atoms with van der Waals surface area (Å²) in [6, 6.07) is 10.1. The van der Waals surface area contributed by atoms with Crippen LogP contribution in [-0.4, -0.2) is 56.6 Å². The fourth-order valence-electron chi connectivity index (χ4n) is 3.13. The minimum absolute atomic E-state index is 0.0142. The van der Waals surface area contributed by atoms with E-state index in [0.717, 1.165) is 18.5 Å². The van der Waals surface area contributed by atoms with Crippen LogP contribution < -0.4 is 10.6 Å². The number of nitrogens with zero attached hydrogens (tertiary/aromatic N) is 1. The van der Waals surface area contributed by atoms with Gasteiger partial charge >= 0.3 is 0 Å². The Morgan fingerprint density at radius 3 is 2.75 bits per heavy atom.